The van der Waals surface area contributed by atoms with Gasteiger partial charge in [-0.1, -0.05) is 6.07 Å². The van der Waals surface area contributed by atoms with Gasteiger partial charge in [-0.2, -0.15) is 0 Å². The van der Waals surface area contributed by atoms with Crippen LogP contribution in [-0.2, 0) is 13.6 Å². The lowest BCUT2D eigenvalue weighted by Crippen LogP contribution is -2.06. The number of imidazole rings is 1. The van der Waals surface area contributed by atoms with Crippen LogP contribution < -0.4 is 10.1 Å². The van der Waals surface area contributed by atoms with E-state index in [0.29, 0.717) is 13.2 Å². The summed E-state index contributed by atoms with van der Waals surface area (Å²) in [5.74, 6) is 1.15. The van der Waals surface area contributed by atoms with E-state index in [1.54, 1.807) is 19.1 Å². The molecule has 0 atom stereocenters. The second-order valence-electron chi connectivity index (χ2n) is 5.81. The number of aryl methyl sites for hydroxylation is 2. The maximum atomic E-state index is 11.1. The van der Waals surface area contributed by atoms with Gasteiger partial charge in [-0.3, -0.25) is 10.1 Å². The molecule has 0 aliphatic carbocycles. The molecule has 130 valence electrons. The van der Waals surface area contributed by atoms with E-state index >= 15 is 0 Å². The first-order valence-electron chi connectivity index (χ1n) is 8.06. The van der Waals surface area contributed by atoms with E-state index in [4.69, 9.17) is 4.74 Å². The highest BCUT2D eigenvalue weighted by Gasteiger charge is 2.15. The number of hydrogen-bond acceptors (Lipinski definition) is 5. The monoisotopic (exact) mass is 340 g/mol. The SMILES string of the molecule is CCOc1cc(NCc2nc3cc(C)ccc3n2C)ccc1[N+](=O)[O-]. The number of benzene rings is 2. The fourth-order valence-electron chi connectivity index (χ4n) is 2.74. The van der Waals surface area contributed by atoms with E-state index in [9.17, 15) is 10.1 Å². The minimum atomic E-state index is -0.442. The topological polar surface area (TPSA) is 82.2 Å². The summed E-state index contributed by atoms with van der Waals surface area (Å²) in [6.07, 6.45) is 0. The second-order valence-corrected chi connectivity index (χ2v) is 5.81. The normalized spacial score (nSPS) is 10.8. The van der Waals surface area contributed by atoms with Gasteiger partial charge in [0.25, 0.3) is 0 Å². The predicted octanol–water partition coefficient (Wildman–Crippen LogP) is 3.80. The molecule has 0 unspecified atom stereocenters. The van der Waals surface area contributed by atoms with Crippen molar-refractivity contribution in [3.05, 3.63) is 57.9 Å². The Kier molecular flexibility index (Phi) is 4.56. The van der Waals surface area contributed by atoms with E-state index in [1.807, 2.05) is 18.5 Å². The van der Waals surface area contributed by atoms with Crippen LogP contribution in [0, 0.1) is 17.0 Å². The van der Waals surface area contributed by atoms with Gasteiger partial charge in [-0.15, -0.1) is 0 Å². The zero-order chi connectivity index (χ0) is 18.0. The van der Waals surface area contributed by atoms with Crippen LogP contribution in [-0.4, -0.2) is 21.1 Å². The first-order chi connectivity index (χ1) is 12.0. The van der Waals surface area contributed by atoms with Gasteiger partial charge >= 0.3 is 5.69 Å². The van der Waals surface area contributed by atoms with Gasteiger partial charge in [-0.25, -0.2) is 4.98 Å². The Morgan fingerprint density at radius 3 is 2.80 bits per heavy atom. The number of anilines is 1. The Morgan fingerprint density at radius 1 is 1.28 bits per heavy atom. The number of aromatic nitrogens is 2. The number of hydrogen-bond donors (Lipinski definition) is 1. The summed E-state index contributed by atoms with van der Waals surface area (Å²) in [6, 6.07) is 10.9. The van der Waals surface area contributed by atoms with Crippen molar-refractivity contribution in [3.63, 3.8) is 0 Å². The lowest BCUT2D eigenvalue weighted by molar-refractivity contribution is -0.385. The van der Waals surface area contributed by atoms with Gasteiger partial charge in [0.1, 0.15) is 5.82 Å². The van der Waals surface area contributed by atoms with E-state index in [0.717, 1.165) is 22.5 Å². The van der Waals surface area contributed by atoms with Crippen LogP contribution in [0.5, 0.6) is 5.75 Å². The Hall–Kier alpha value is -3.09. The van der Waals surface area contributed by atoms with Gasteiger partial charge in [-0.05, 0) is 37.6 Å². The molecule has 0 amide bonds. The lowest BCUT2D eigenvalue weighted by atomic mass is 10.2. The summed E-state index contributed by atoms with van der Waals surface area (Å²) >= 11 is 0. The molecule has 2 aromatic carbocycles. The molecule has 1 N–H and O–H groups in total. The van der Waals surface area contributed by atoms with Crippen LogP contribution in [0.4, 0.5) is 11.4 Å². The molecule has 0 aliphatic heterocycles. The molecule has 0 spiro atoms. The third-order valence-electron chi connectivity index (χ3n) is 4.04. The predicted molar refractivity (Wildman–Crippen MR) is 97.0 cm³/mol. The third kappa shape index (κ3) is 3.40. The number of ether oxygens (including phenoxy) is 1. The van der Waals surface area contributed by atoms with Crippen molar-refractivity contribution < 1.29 is 9.66 Å². The minimum absolute atomic E-state index is 0.0365. The fraction of sp³-hybridized carbons (Fsp3) is 0.278. The third-order valence-corrected chi connectivity index (χ3v) is 4.04. The van der Waals surface area contributed by atoms with Gasteiger partial charge < -0.3 is 14.6 Å². The maximum Gasteiger partial charge on any atom is 0.311 e. The largest absolute Gasteiger partial charge is 0.487 e. The molecule has 7 nitrogen and oxygen atoms in total. The number of nitrogens with zero attached hydrogens (tertiary/aromatic N) is 3. The molecule has 0 saturated carbocycles. The fourth-order valence-corrected chi connectivity index (χ4v) is 2.74. The van der Waals surface area contributed by atoms with Crippen molar-refractivity contribution in [3.8, 4) is 5.75 Å². The van der Waals surface area contributed by atoms with Crippen LogP contribution in [0.25, 0.3) is 11.0 Å². The Labute approximate surface area is 145 Å². The molecule has 0 radical (unpaired) electrons. The highest BCUT2D eigenvalue weighted by atomic mass is 16.6. The Bertz CT molecular complexity index is 933. The van der Waals surface area contributed by atoms with Crippen LogP contribution in [0.3, 0.4) is 0 Å². The van der Waals surface area contributed by atoms with Gasteiger partial charge in [0, 0.05) is 24.9 Å². The van der Waals surface area contributed by atoms with Crippen LogP contribution >= 0.6 is 0 Å². The first kappa shape index (κ1) is 16.8. The van der Waals surface area contributed by atoms with Crippen molar-refractivity contribution in [2.45, 2.75) is 20.4 Å². The van der Waals surface area contributed by atoms with Crippen molar-refractivity contribution in [1.29, 1.82) is 0 Å². The lowest BCUT2D eigenvalue weighted by Gasteiger charge is -2.09. The Balaban J connectivity index is 1.83. The van der Waals surface area contributed by atoms with E-state index in [2.05, 4.69) is 28.5 Å². The number of nitrogens with one attached hydrogen (secondary N) is 1. The Morgan fingerprint density at radius 2 is 2.08 bits per heavy atom. The zero-order valence-corrected chi connectivity index (χ0v) is 14.4. The average molecular weight is 340 g/mol. The van der Waals surface area contributed by atoms with E-state index in [-0.39, 0.29) is 11.4 Å². The number of fused-ring (bicyclic) bond motifs is 1. The molecule has 1 aromatic heterocycles. The summed E-state index contributed by atoms with van der Waals surface area (Å²) in [5.41, 5.74) is 3.91. The van der Waals surface area contributed by atoms with Crippen LogP contribution in [0.1, 0.15) is 18.3 Å². The molecule has 0 bridgehead atoms. The molecule has 0 aliphatic rings. The highest BCUT2D eigenvalue weighted by Crippen LogP contribution is 2.30. The smallest absolute Gasteiger partial charge is 0.311 e. The van der Waals surface area contributed by atoms with Crippen molar-refractivity contribution in [2.75, 3.05) is 11.9 Å². The molecular weight excluding hydrogens is 320 g/mol. The quantitative estimate of drug-likeness (QED) is 0.545. The standard InChI is InChI=1S/C18H20N4O3/c1-4-25-17-10-13(6-8-16(17)22(23)24)19-11-18-20-14-9-12(2)5-7-15(14)21(18)3/h5-10,19H,4,11H2,1-3H3. The van der Waals surface area contributed by atoms with Crippen molar-refractivity contribution in [2.24, 2.45) is 7.05 Å². The average Bonchev–Trinajstić information content (AvgIpc) is 2.88. The van der Waals surface area contributed by atoms with E-state index in [1.165, 1.54) is 11.6 Å². The molecule has 1 heterocycles. The van der Waals surface area contributed by atoms with Crippen molar-refractivity contribution >= 4 is 22.4 Å². The molecule has 0 saturated heterocycles. The second kappa shape index (κ2) is 6.80. The summed E-state index contributed by atoms with van der Waals surface area (Å²) < 4.78 is 7.41. The molecule has 3 aromatic rings. The summed E-state index contributed by atoms with van der Waals surface area (Å²) in [7, 11) is 1.98. The molecular formula is C18H20N4O3. The van der Waals surface area contributed by atoms with Crippen molar-refractivity contribution in [1.82, 2.24) is 9.55 Å². The van der Waals surface area contributed by atoms with E-state index < -0.39 is 4.92 Å². The number of nitro benzene ring substituents is 1. The van der Waals surface area contributed by atoms with Gasteiger partial charge in [0.05, 0.1) is 29.1 Å². The van der Waals surface area contributed by atoms with Gasteiger partial charge in [0.15, 0.2) is 5.75 Å². The highest BCUT2D eigenvalue weighted by molar-refractivity contribution is 5.76. The number of nitro groups is 1. The van der Waals surface area contributed by atoms with Crippen LogP contribution in [0.2, 0.25) is 0 Å². The molecule has 3 rings (SSSR count). The van der Waals surface area contributed by atoms with Crippen LogP contribution in [0.15, 0.2) is 36.4 Å². The summed E-state index contributed by atoms with van der Waals surface area (Å²) in [5, 5.41) is 14.3. The summed E-state index contributed by atoms with van der Waals surface area (Å²) in [4.78, 5) is 15.3. The van der Waals surface area contributed by atoms with Gasteiger partial charge in [0.2, 0.25) is 0 Å². The molecule has 7 heteroatoms. The molecule has 0 fully saturated rings. The zero-order valence-electron chi connectivity index (χ0n) is 14.4. The maximum absolute atomic E-state index is 11.1. The number of rotatable bonds is 6. The minimum Gasteiger partial charge on any atom is -0.487 e. The summed E-state index contributed by atoms with van der Waals surface area (Å²) in [6.45, 7) is 4.71. The molecule has 25 heavy (non-hydrogen) atoms. The first-order valence-corrected chi connectivity index (χ1v) is 8.06.